The van der Waals surface area contributed by atoms with Gasteiger partial charge >= 0.3 is 0 Å². The fourth-order valence-corrected chi connectivity index (χ4v) is 3.39. The van der Waals surface area contributed by atoms with Crippen LogP contribution in [-0.4, -0.2) is 67.0 Å². The van der Waals surface area contributed by atoms with Gasteiger partial charge in [-0.05, 0) is 24.1 Å². The molecular formula is C21H26N4O4. The molecule has 1 amide bonds. The number of carbonyl (C=O) groups excluding carboxylic acids is 1. The lowest BCUT2D eigenvalue weighted by atomic mass is 10.1. The first-order chi connectivity index (χ1) is 14.0. The first-order valence-corrected chi connectivity index (χ1v) is 9.66. The molecule has 0 aliphatic carbocycles. The average Bonchev–Trinajstić information content (AvgIpc) is 2.74. The van der Waals surface area contributed by atoms with Crippen LogP contribution < -0.4 is 10.1 Å². The Balaban J connectivity index is 1.46. The van der Waals surface area contributed by atoms with Crippen LogP contribution in [0.1, 0.15) is 5.56 Å². The molecule has 0 radical (unpaired) electrons. The second-order valence-corrected chi connectivity index (χ2v) is 7.04. The van der Waals surface area contributed by atoms with Gasteiger partial charge in [-0.2, -0.15) is 0 Å². The minimum Gasteiger partial charge on any atom is -0.496 e. The third-order valence-electron chi connectivity index (χ3n) is 5.07. The van der Waals surface area contributed by atoms with Gasteiger partial charge in [0.05, 0.1) is 24.6 Å². The quantitative estimate of drug-likeness (QED) is 0.543. The Bertz CT molecular complexity index is 836. The van der Waals surface area contributed by atoms with Crippen molar-refractivity contribution in [3.63, 3.8) is 0 Å². The molecule has 0 aromatic heterocycles. The van der Waals surface area contributed by atoms with Crippen molar-refractivity contribution in [1.29, 1.82) is 0 Å². The number of nitrogens with zero attached hydrogens (tertiary/aromatic N) is 3. The highest BCUT2D eigenvalue weighted by Gasteiger charge is 2.21. The maximum absolute atomic E-state index is 12.4. The van der Waals surface area contributed by atoms with E-state index in [1.165, 1.54) is 24.8 Å². The van der Waals surface area contributed by atoms with Gasteiger partial charge in [0.1, 0.15) is 11.4 Å². The van der Waals surface area contributed by atoms with E-state index in [4.69, 9.17) is 4.74 Å². The molecule has 8 nitrogen and oxygen atoms in total. The molecule has 29 heavy (non-hydrogen) atoms. The number of piperazine rings is 1. The van der Waals surface area contributed by atoms with E-state index in [2.05, 4.69) is 39.4 Å². The maximum Gasteiger partial charge on any atom is 0.296 e. The minimum absolute atomic E-state index is 0.177. The summed E-state index contributed by atoms with van der Waals surface area (Å²) >= 11 is 0. The Labute approximate surface area is 170 Å². The summed E-state index contributed by atoms with van der Waals surface area (Å²) in [5, 5.41) is 13.9. The maximum atomic E-state index is 12.4. The largest absolute Gasteiger partial charge is 0.496 e. The first kappa shape index (κ1) is 20.8. The standard InChI is InChI=1S/C21H26N4O4/c1-29-18-7-8-19(20(15-18)25(27)28)22-21(26)16-24-13-11-23(12-14-24)10-9-17-5-3-2-4-6-17/h2-8,15H,9-14,16H2,1H3,(H,22,26). The number of hydrogen-bond acceptors (Lipinski definition) is 6. The van der Waals surface area contributed by atoms with Gasteiger partial charge in [-0.1, -0.05) is 30.3 Å². The summed E-state index contributed by atoms with van der Waals surface area (Å²) in [4.78, 5) is 27.6. The van der Waals surface area contributed by atoms with E-state index in [-0.39, 0.29) is 23.8 Å². The molecule has 1 N–H and O–H groups in total. The molecule has 0 saturated carbocycles. The molecule has 1 fully saturated rings. The van der Waals surface area contributed by atoms with Crippen molar-refractivity contribution in [2.75, 3.05) is 51.7 Å². The highest BCUT2D eigenvalue weighted by Crippen LogP contribution is 2.28. The molecule has 154 valence electrons. The molecule has 1 heterocycles. The van der Waals surface area contributed by atoms with Gasteiger partial charge in [-0.3, -0.25) is 19.8 Å². The summed E-state index contributed by atoms with van der Waals surface area (Å²) in [5.74, 6) is 0.123. The third-order valence-corrected chi connectivity index (χ3v) is 5.07. The molecule has 1 aliphatic rings. The Hall–Kier alpha value is -2.97. The van der Waals surface area contributed by atoms with Crippen LogP contribution in [0.4, 0.5) is 11.4 Å². The zero-order valence-electron chi connectivity index (χ0n) is 16.5. The molecule has 3 rings (SSSR count). The topological polar surface area (TPSA) is 88.0 Å². The average molecular weight is 398 g/mol. The third kappa shape index (κ3) is 6.00. The first-order valence-electron chi connectivity index (χ1n) is 9.66. The number of nitro benzene ring substituents is 1. The highest BCUT2D eigenvalue weighted by atomic mass is 16.6. The molecule has 1 saturated heterocycles. The Morgan fingerprint density at radius 1 is 1.10 bits per heavy atom. The molecule has 0 atom stereocenters. The zero-order valence-corrected chi connectivity index (χ0v) is 16.5. The van der Waals surface area contributed by atoms with Crippen LogP contribution in [0.25, 0.3) is 0 Å². The van der Waals surface area contributed by atoms with Crippen molar-refractivity contribution >= 4 is 17.3 Å². The van der Waals surface area contributed by atoms with Crippen LogP contribution in [0.15, 0.2) is 48.5 Å². The number of ether oxygens (including phenoxy) is 1. The van der Waals surface area contributed by atoms with Crippen molar-refractivity contribution in [2.45, 2.75) is 6.42 Å². The lowest BCUT2D eigenvalue weighted by Gasteiger charge is -2.34. The van der Waals surface area contributed by atoms with Gasteiger partial charge in [0.15, 0.2) is 0 Å². The second kappa shape index (κ2) is 9.99. The van der Waals surface area contributed by atoms with E-state index >= 15 is 0 Å². The Morgan fingerprint density at radius 2 is 1.79 bits per heavy atom. The van der Waals surface area contributed by atoms with Crippen molar-refractivity contribution in [3.8, 4) is 5.75 Å². The van der Waals surface area contributed by atoms with Crippen LogP contribution in [0.5, 0.6) is 5.75 Å². The van der Waals surface area contributed by atoms with Gasteiger partial charge in [-0.15, -0.1) is 0 Å². The number of carbonyl (C=O) groups is 1. The van der Waals surface area contributed by atoms with E-state index in [0.29, 0.717) is 5.75 Å². The minimum atomic E-state index is -0.524. The van der Waals surface area contributed by atoms with Crippen molar-refractivity contribution in [3.05, 3.63) is 64.2 Å². The summed E-state index contributed by atoms with van der Waals surface area (Å²) < 4.78 is 5.01. The van der Waals surface area contributed by atoms with E-state index in [1.54, 1.807) is 6.07 Å². The van der Waals surface area contributed by atoms with Gasteiger partial charge < -0.3 is 15.0 Å². The predicted molar refractivity (Wildman–Crippen MR) is 111 cm³/mol. The summed E-state index contributed by atoms with van der Waals surface area (Å²) in [6.07, 6.45) is 1.02. The molecule has 2 aromatic carbocycles. The smallest absolute Gasteiger partial charge is 0.296 e. The van der Waals surface area contributed by atoms with E-state index in [0.717, 1.165) is 39.1 Å². The zero-order chi connectivity index (χ0) is 20.6. The van der Waals surface area contributed by atoms with Crippen LogP contribution in [0.2, 0.25) is 0 Å². The molecule has 0 spiro atoms. The Kier molecular flexibility index (Phi) is 7.15. The van der Waals surface area contributed by atoms with Crippen molar-refractivity contribution in [1.82, 2.24) is 9.80 Å². The van der Waals surface area contributed by atoms with E-state index in [1.807, 2.05) is 6.07 Å². The number of hydrogen-bond donors (Lipinski definition) is 1. The number of rotatable bonds is 8. The van der Waals surface area contributed by atoms with Crippen molar-refractivity contribution in [2.24, 2.45) is 0 Å². The normalized spacial score (nSPS) is 15.1. The van der Waals surface area contributed by atoms with E-state index in [9.17, 15) is 14.9 Å². The van der Waals surface area contributed by atoms with E-state index < -0.39 is 4.92 Å². The predicted octanol–water partition coefficient (Wildman–Crippen LogP) is 2.40. The molecular weight excluding hydrogens is 372 g/mol. The van der Waals surface area contributed by atoms with Crippen LogP contribution in [0, 0.1) is 10.1 Å². The number of nitrogens with one attached hydrogen (secondary N) is 1. The van der Waals surface area contributed by atoms with Crippen molar-refractivity contribution < 1.29 is 14.5 Å². The SMILES string of the molecule is COc1ccc(NC(=O)CN2CCN(CCc3ccccc3)CC2)c([N+](=O)[O-])c1. The molecule has 1 aliphatic heterocycles. The molecule has 0 bridgehead atoms. The summed E-state index contributed by atoms with van der Waals surface area (Å²) in [6.45, 7) is 4.63. The van der Waals surface area contributed by atoms with Gasteiger partial charge in [0.25, 0.3) is 5.69 Å². The number of amides is 1. The molecule has 0 unspecified atom stereocenters. The van der Waals surface area contributed by atoms with Crippen LogP contribution in [-0.2, 0) is 11.2 Å². The van der Waals surface area contributed by atoms with Gasteiger partial charge in [-0.25, -0.2) is 0 Å². The summed E-state index contributed by atoms with van der Waals surface area (Å²) in [7, 11) is 1.44. The highest BCUT2D eigenvalue weighted by molar-refractivity contribution is 5.94. The lowest BCUT2D eigenvalue weighted by molar-refractivity contribution is -0.384. The van der Waals surface area contributed by atoms with Gasteiger partial charge in [0.2, 0.25) is 5.91 Å². The lowest BCUT2D eigenvalue weighted by Crippen LogP contribution is -2.49. The number of nitro groups is 1. The van der Waals surface area contributed by atoms with Gasteiger partial charge in [0, 0.05) is 32.7 Å². The summed E-state index contributed by atoms with van der Waals surface area (Å²) in [5.41, 5.74) is 1.33. The number of anilines is 1. The molecule has 2 aromatic rings. The second-order valence-electron chi connectivity index (χ2n) is 7.04. The monoisotopic (exact) mass is 398 g/mol. The summed E-state index contributed by atoms with van der Waals surface area (Å²) in [6, 6.07) is 14.8. The van der Waals surface area contributed by atoms with Crippen LogP contribution >= 0.6 is 0 Å². The Morgan fingerprint density at radius 3 is 2.45 bits per heavy atom. The fourth-order valence-electron chi connectivity index (χ4n) is 3.39. The van der Waals surface area contributed by atoms with Crippen LogP contribution in [0.3, 0.4) is 0 Å². The number of methoxy groups -OCH3 is 1. The molecule has 8 heteroatoms. The fraction of sp³-hybridized carbons (Fsp3) is 0.381. The number of benzene rings is 2.